The molecule has 21 heavy (non-hydrogen) atoms. The van der Waals surface area contributed by atoms with Crippen molar-refractivity contribution in [3.8, 4) is 11.6 Å². The summed E-state index contributed by atoms with van der Waals surface area (Å²) in [6.07, 6.45) is 1.61. The second-order valence-corrected chi connectivity index (χ2v) is 4.61. The lowest BCUT2D eigenvalue weighted by atomic mass is 10.2. The maximum atomic E-state index is 10.7. The van der Waals surface area contributed by atoms with Crippen molar-refractivity contribution < 1.29 is 9.66 Å². The van der Waals surface area contributed by atoms with Crippen LogP contribution in [0.25, 0.3) is 0 Å². The Morgan fingerprint density at radius 3 is 2.71 bits per heavy atom. The molecule has 2 rings (SSSR count). The van der Waals surface area contributed by atoms with Gasteiger partial charge in [0.2, 0.25) is 5.88 Å². The van der Waals surface area contributed by atoms with E-state index in [-0.39, 0.29) is 5.69 Å². The van der Waals surface area contributed by atoms with Gasteiger partial charge < -0.3 is 10.5 Å². The predicted molar refractivity (Wildman–Crippen MR) is 78.3 cm³/mol. The zero-order valence-corrected chi connectivity index (χ0v) is 11.9. The normalized spacial score (nSPS) is 10.4. The SMILES string of the molecule is CCCc1nc(N)cc(Oc2ccc([N+](=O)[O-])cc2C)n1. The maximum Gasteiger partial charge on any atom is 0.269 e. The number of aryl methyl sites for hydroxylation is 2. The second kappa shape index (κ2) is 6.17. The van der Waals surface area contributed by atoms with Crippen molar-refractivity contribution in [1.82, 2.24) is 9.97 Å². The van der Waals surface area contributed by atoms with Crippen LogP contribution in [0.3, 0.4) is 0 Å². The summed E-state index contributed by atoms with van der Waals surface area (Å²) in [6.45, 7) is 3.76. The van der Waals surface area contributed by atoms with Crippen LogP contribution in [-0.2, 0) is 6.42 Å². The Bertz CT molecular complexity index is 673. The van der Waals surface area contributed by atoms with Crippen LogP contribution in [0.15, 0.2) is 24.3 Å². The van der Waals surface area contributed by atoms with Crippen LogP contribution in [-0.4, -0.2) is 14.9 Å². The molecular weight excluding hydrogens is 272 g/mol. The van der Waals surface area contributed by atoms with E-state index in [2.05, 4.69) is 9.97 Å². The number of nitrogens with two attached hydrogens (primary N) is 1. The number of benzene rings is 1. The molecule has 0 amide bonds. The lowest BCUT2D eigenvalue weighted by Gasteiger charge is -2.09. The van der Waals surface area contributed by atoms with Crippen molar-refractivity contribution in [2.45, 2.75) is 26.7 Å². The number of nitro groups is 1. The number of nitrogens with zero attached hydrogens (tertiary/aromatic N) is 3. The molecule has 2 aromatic rings. The van der Waals surface area contributed by atoms with E-state index < -0.39 is 4.92 Å². The van der Waals surface area contributed by atoms with Gasteiger partial charge in [0.25, 0.3) is 5.69 Å². The summed E-state index contributed by atoms with van der Waals surface area (Å²) in [6, 6.07) is 5.91. The van der Waals surface area contributed by atoms with Gasteiger partial charge in [-0.2, -0.15) is 4.98 Å². The lowest BCUT2D eigenvalue weighted by Crippen LogP contribution is -2.02. The van der Waals surface area contributed by atoms with Crippen LogP contribution >= 0.6 is 0 Å². The molecule has 0 aliphatic heterocycles. The van der Waals surface area contributed by atoms with Gasteiger partial charge in [0.15, 0.2) is 0 Å². The Hall–Kier alpha value is -2.70. The Morgan fingerprint density at radius 1 is 1.33 bits per heavy atom. The smallest absolute Gasteiger partial charge is 0.269 e. The lowest BCUT2D eigenvalue weighted by molar-refractivity contribution is -0.384. The van der Waals surface area contributed by atoms with Crippen LogP contribution in [0.2, 0.25) is 0 Å². The molecule has 1 aromatic heterocycles. The van der Waals surface area contributed by atoms with E-state index in [9.17, 15) is 10.1 Å². The molecule has 0 aliphatic rings. The van der Waals surface area contributed by atoms with Crippen molar-refractivity contribution >= 4 is 11.5 Å². The van der Waals surface area contributed by atoms with E-state index in [1.807, 2.05) is 6.92 Å². The number of nitro benzene ring substituents is 1. The third-order valence-electron chi connectivity index (χ3n) is 2.83. The molecule has 7 heteroatoms. The van der Waals surface area contributed by atoms with Crippen molar-refractivity contribution in [3.05, 3.63) is 45.8 Å². The molecule has 0 radical (unpaired) electrons. The highest BCUT2D eigenvalue weighted by molar-refractivity contribution is 5.45. The van der Waals surface area contributed by atoms with Crippen LogP contribution in [0.5, 0.6) is 11.6 Å². The maximum absolute atomic E-state index is 10.7. The summed E-state index contributed by atoms with van der Waals surface area (Å²) in [4.78, 5) is 18.7. The molecule has 0 bridgehead atoms. The Labute approximate surface area is 121 Å². The minimum atomic E-state index is -0.446. The van der Waals surface area contributed by atoms with Crippen molar-refractivity contribution in [3.63, 3.8) is 0 Å². The summed E-state index contributed by atoms with van der Waals surface area (Å²) in [5, 5.41) is 10.7. The van der Waals surface area contributed by atoms with Gasteiger partial charge in [0.1, 0.15) is 17.4 Å². The first kappa shape index (κ1) is 14.7. The fourth-order valence-electron chi connectivity index (χ4n) is 1.85. The summed E-state index contributed by atoms with van der Waals surface area (Å²) in [7, 11) is 0. The first-order chi connectivity index (χ1) is 9.99. The molecule has 0 spiro atoms. The number of hydrogen-bond acceptors (Lipinski definition) is 6. The zero-order valence-electron chi connectivity index (χ0n) is 11.9. The monoisotopic (exact) mass is 288 g/mol. The van der Waals surface area contributed by atoms with Gasteiger partial charge in [0.05, 0.1) is 4.92 Å². The third kappa shape index (κ3) is 3.65. The first-order valence-electron chi connectivity index (χ1n) is 6.56. The van der Waals surface area contributed by atoms with E-state index in [1.165, 1.54) is 18.2 Å². The van der Waals surface area contributed by atoms with Crippen molar-refractivity contribution in [2.24, 2.45) is 0 Å². The van der Waals surface area contributed by atoms with Gasteiger partial charge in [-0.25, -0.2) is 4.98 Å². The van der Waals surface area contributed by atoms with Gasteiger partial charge in [-0.05, 0) is 25.0 Å². The molecule has 2 N–H and O–H groups in total. The average Bonchev–Trinajstić information content (AvgIpc) is 2.40. The topological polar surface area (TPSA) is 104 Å². The fraction of sp³-hybridized carbons (Fsp3) is 0.286. The molecule has 0 unspecified atom stereocenters. The molecule has 0 saturated carbocycles. The summed E-state index contributed by atoms with van der Waals surface area (Å²) >= 11 is 0. The quantitative estimate of drug-likeness (QED) is 0.669. The summed E-state index contributed by atoms with van der Waals surface area (Å²) in [5.41, 5.74) is 6.40. The van der Waals surface area contributed by atoms with Crippen LogP contribution in [0, 0.1) is 17.0 Å². The predicted octanol–water partition coefficient (Wildman–Crippen LogP) is 3.02. The van der Waals surface area contributed by atoms with Crippen LogP contribution < -0.4 is 10.5 Å². The number of hydrogen-bond donors (Lipinski definition) is 1. The van der Waals surface area contributed by atoms with Gasteiger partial charge >= 0.3 is 0 Å². The Kier molecular flexibility index (Phi) is 4.32. The van der Waals surface area contributed by atoms with E-state index in [1.54, 1.807) is 13.0 Å². The largest absolute Gasteiger partial charge is 0.439 e. The number of ether oxygens (including phenoxy) is 1. The van der Waals surface area contributed by atoms with E-state index in [0.29, 0.717) is 35.3 Å². The zero-order chi connectivity index (χ0) is 15.4. The molecule has 0 fully saturated rings. The number of nitrogen functional groups attached to an aromatic ring is 1. The molecular formula is C14H16N4O3. The van der Waals surface area contributed by atoms with Gasteiger partial charge in [-0.15, -0.1) is 0 Å². The fourth-order valence-corrected chi connectivity index (χ4v) is 1.85. The molecule has 0 saturated heterocycles. The average molecular weight is 288 g/mol. The highest BCUT2D eigenvalue weighted by Gasteiger charge is 2.11. The number of rotatable bonds is 5. The number of non-ortho nitro benzene ring substituents is 1. The molecule has 110 valence electrons. The van der Waals surface area contributed by atoms with Crippen molar-refractivity contribution in [1.29, 1.82) is 0 Å². The number of anilines is 1. The number of aromatic nitrogens is 2. The van der Waals surface area contributed by atoms with Crippen molar-refractivity contribution in [2.75, 3.05) is 5.73 Å². The second-order valence-electron chi connectivity index (χ2n) is 4.61. The van der Waals surface area contributed by atoms with Crippen LogP contribution in [0.4, 0.5) is 11.5 Å². The van der Waals surface area contributed by atoms with Gasteiger partial charge in [0, 0.05) is 24.6 Å². The van der Waals surface area contributed by atoms with Gasteiger partial charge in [-0.1, -0.05) is 6.92 Å². The van der Waals surface area contributed by atoms with E-state index in [4.69, 9.17) is 10.5 Å². The standard InChI is InChI=1S/C14H16N4O3/c1-3-4-13-16-12(15)8-14(17-13)21-11-6-5-10(18(19)20)7-9(11)2/h5-8H,3-4H2,1-2H3,(H2,15,16,17). The first-order valence-corrected chi connectivity index (χ1v) is 6.56. The third-order valence-corrected chi connectivity index (χ3v) is 2.83. The van der Waals surface area contributed by atoms with Gasteiger partial charge in [-0.3, -0.25) is 10.1 Å². The summed E-state index contributed by atoms with van der Waals surface area (Å²) in [5.74, 6) is 1.79. The molecule has 1 heterocycles. The van der Waals surface area contributed by atoms with E-state index in [0.717, 1.165) is 6.42 Å². The minimum absolute atomic E-state index is 0.0220. The molecule has 7 nitrogen and oxygen atoms in total. The summed E-state index contributed by atoms with van der Waals surface area (Å²) < 4.78 is 5.66. The Balaban J connectivity index is 2.27. The molecule has 0 aliphatic carbocycles. The highest BCUT2D eigenvalue weighted by atomic mass is 16.6. The molecule has 0 atom stereocenters. The van der Waals surface area contributed by atoms with E-state index >= 15 is 0 Å². The minimum Gasteiger partial charge on any atom is -0.439 e. The Morgan fingerprint density at radius 2 is 2.10 bits per heavy atom. The molecule has 1 aromatic carbocycles. The van der Waals surface area contributed by atoms with Crippen LogP contribution in [0.1, 0.15) is 24.7 Å². The highest BCUT2D eigenvalue weighted by Crippen LogP contribution is 2.27.